The lowest BCUT2D eigenvalue weighted by atomic mass is 9.99. The molecule has 4 rings (SSSR count). The normalized spacial score (nSPS) is 21.9. The highest BCUT2D eigenvalue weighted by molar-refractivity contribution is 5.95. The van der Waals surface area contributed by atoms with Crippen LogP contribution in [0, 0.1) is 5.92 Å². The van der Waals surface area contributed by atoms with Gasteiger partial charge in [-0.3, -0.25) is 9.78 Å². The molecule has 2 aromatic rings. The number of aliphatic hydroxyl groups excluding tert-OH is 1. The summed E-state index contributed by atoms with van der Waals surface area (Å²) in [7, 11) is 0. The number of aliphatic hydroxyl groups is 1. The molecular formula is C18H23N5O2. The van der Waals surface area contributed by atoms with Crippen LogP contribution in [-0.4, -0.2) is 42.9 Å². The smallest absolute Gasteiger partial charge is 0.272 e. The van der Waals surface area contributed by atoms with Gasteiger partial charge in [0.05, 0.1) is 24.0 Å². The maximum atomic E-state index is 12.8. The van der Waals surface area contributed by atoms with Crippen LogP contribution in [-0.2, 0) is 6.42 Å². The van der Waals surface area contributed by atoms with Gasteiger partial charge < -0.3 is 10.4 Å². The van der Waals surface area contributed by atoms with E-state index in [9.17, 15) is 9.90 Å². The molecule has 2 heterocycles. The van der Waals surface area contributed by atoms with E-state index in [2.05, 4.69) is 20.4 Å². The molecule has 0 aliphatic heterocycles. The minimum absolute atomic E-state index is 0.128. The van der Waals surface area contributed by atoms with Crippen molar-refractivity contribution in [3.8, 4) is 5.82 Å². The molecule has 0 aromatic carbocycles. The van der Waals surface area contributed by atoms with Crippen LogP contribution in [0.25, 0.3) is 5.82 Å². The molecule has 0 saturated heterocycles. The highest BCUT2D eigenvalue weighted by Gasteiger charge is 2.43. The van der Waals surface area contributed by atoms with Gasteiger partial charge in [0.25, 0.3) is 5.91 Å². The third-order valence-corrected chi connectivity index (χ3v) is 5.33. The third kappa shape index (κ3) is 2.72. The molecule has 7 heteroatoms. The van der Waals surface area contributed by atoms with Crippen molar-refractivity contribution in [2.45, 2.75) is 51.0 Å². The van der Waals surface area contributed by atoms with Crippen LogP contribution >= 0.6 is 0 Å². The Bertz CT molecular complexity index is 799. The predicted octanol–water partition coefficient (Wildman–Crippen LogP) is 1.60. The zero-order chi connectivity index (χ0) is 17.6. The zero-order valence-corrected chi connectivity index (χ0v) is 14.6. The van der Waals surface area contributed by atoms with Crippen LogP contribution < -0.4 is 5.32 Å². The van der Waals surface area contributed by atoms with Crippen molar-refractivity contribution >= 4 is 5.91 Å². The molecule has 2 atom stereocenters. The summed E-state index contributed by atoms with van der Waals surface area (Å²) in [5, 5.41) is 16.9. The molecular weight excluding hydrogens is 318 g/mol. The number of carbonyl (C=O) groups is 1. The van der Waals surface area contributed by atoms with Crippen LogP contribution in [0.1, 0.15) is 60.8 Å². The van der Waals surface area contributed by atoms with Crippen LogP contribution in [0.3, 0.4) is 0 Å². The van der Waals surface area contributed by atoms with Crippen LogP contribution in [0.15, 0.2) is 18.6 Å². The monoisotopic (exact) mass is 341 g/mol. The summed E-state index contributed by atoms with van der Waals surface area (Å²) in [5.41, 5.74) is 1.92. The summed E-state index contributed by atoms with van der Waals surface area (Å²) in [6.45, 7) is 3.45. The molecule has 1 fully saturated rings. The molecule has 132 valence electrons. The standard InChI is InChI=1S/C18H23N5O2/c1-18(2,10-24)21-17(25)15-13-8-11-4-3-5-12(11)16(13)23(22-15)14-9-19-6-7-20-14/h6-7,9,11-12,24H,3-5,8,10H2,1-2H3,(H,21,25)/t11-,12-/m0/s1. The van der Waals surface area contributed by atoms with Gasteiger partial charge in [0, 0.05) is 23.9 Å². The lowest BCUT2D eigenvalue weighted by molar-refractivity contribution is 0.0862. The number of hydrogen-bond donors (Lipinski definition) is 2. The number of carbonyl (C=O) groups excluding carboxylic acids is 1. The van der Waals surface area contributed by atoms with Crippen molar-refractivity contribution in [1.29, 1.82) is 0 Å². The first kappa shape index (κ1) is 16.2. The van der Waals surface area contributed by atoms with Gasteiger partial charge in [0.15, 0.2) is 11.5 Å². The molecule has 2 aromatic heterocycles. The van der Waals surface area contributed by atoms with Crippen LogP contribution in [0.2, 0.25) is 0 Å². The Kier molecular flexibility index (Phi) is 3.83. The maximum absolute atomic E-state index is 12.8. The zero-order valence-electron chi connectivity index (χ0n) is 14.6. The second-order valence-corrected chi connectivity index (χ2v) is 7.69. The largest absolute Gasteiger partial charge is 0.394 e. The van der Waals surface area contributed by atoms with Crippen molar-refractivity contribution in [3.63, 3.8) is 0 Å². The van der Waals surface area contributed by atoms with Crippen molar-refractivity contribution in [3.05, 3.63) is 35.5 Å². The number of hydrogen-bond acceptors (Lipinski definition) is 5. The number of nitrogens with zero attached hydrogens (tertiary/aromatic N) is 4. The first-order valence-corrected chi connectivity index (χ1v) is 8.82. The molecule has 0 unspecified atom stereocenters. The Balaban J connectivity index is 1.78. The van der Waals surface area contributed by atoms with Gasteiger partial charge in [-0.05, 0) is 39.0 Å². The van der Waals surface area contributed by atoms with Gasteiger partial charge in [0.2, 0.25) is 0 Å². The lowest BCUT2D eigenvalue weighted by Gasteiger charge is -2.23. The molecule has 0 bridgehead atoms. The van der Waals surface area contributed by atoms with E-state index in [1.165, 1.54) is 12.8 Å². The minimum atomic E-state index is -0.686. The summed E-state index contributed by atoms with van der Waals surface area (Å²) in [6, 6.07) is 0. The molecule has 2 aliphatic carbocycles. The number of fused-ring (bicyclic) bond motifs is 3. The third-order valence-electron chi connectivity index (χ3n) is 5.33. The summed E-state index contributed by atoms with van der Waals surface area (Å²) in [5.74, 6) is 1.44. The Morgan fingerprint density at radius 3 is 2.96 bits per heavy atom. The Morgan fingerprint density at radius 1 is 1.40 bits per heavy atom. The summed E-state index contributed by atoms with van der Waals surface area (Å²) < 4.78 is 1.80. The predicted molar refractivity (Wildman–Crippen MR) is 91.6 cm³/mol. The fourth-order valence-corrected chi connectivity index (χ4v) is 4.11. The average molecular weight is 341 g/mol. The molecule has 25 heavy (non-hydrogen) atoms. The molecule has 2 aliphatic rings. The minimum Gasteiger partial charge on any atom is -0.394 e. The van der Waals surface area contributed by atoms with E-state index in [0.717, 1.165) is 24.1 Å². The number of amides is 1. The Labute approximate surface area is 146 Å². The number of nitrogens with one attached hydrogen (secondary N) is 1. The van der Waals surface area contributed by atoms with Gasteiger partial charge in [-0.25, -0.2) is 9.67 Å². The Hall–Kier alpha value is -2.28. The first-order chi connectivity index (χ1) is 12.0. The van der Waals surface area contributed by atoms with E-state index in [1.54, 1.807) is 37.1 Å². The first-order valence-electron chi connectivity index (χ1n) is 8.82. The van der Waals surface area contributed by atoms with E-state index in [4.69, 9.17) is 0 Å². The van der Waals surface area contributed by atoms with E-state index in [-0.39, 0.29) is 12.5 Å². The lowest BCUT2D eigenvalue weighted by Crippen LogP contribution is -2.46. The molecule has 0 spiro atoms. The van der Waals surface area contributed by atoms with Crippen molar-refractivity contribution < 1.29 is 9.90 Å². The number of rotatable bonds is 4. The van der Waals surface area contributed by atoms with Crippen LogP contribution in [0.5, 0.6) is 0 Å². The summed E-state index contributed by atoms with van der Waals surface area (Å²) >= 11 is 0. The second-order valence-electron chi connectivity index (χ2n) is 7.69. The van der Waals surface area contributed by atoms with E-state index in [1.807, 2.05) is 0 Å². The van der Waals surface area contributed by atoms with Gasteiger partial charge in [-0.15, -0.1) is 0 Å². The van der Waals surface area contributed by atoms with Crippen molar-refractivity contribution in [1.82, 2.24) is 25.1 Å². The quantitative estimate of drug-likeness (QED) is 0.881. The Morgan fingerprint density at radius 2 is 2.24 bits per heavy atom. The number of aromatic nitrogens is 4. The summed E-state index contributed by atoms with van der Waals surface area (Å²) in [6.07, 6.45) is 9.38. The maximum Gasteiger partial charge on any atom is 0.272 e. The SMILES string of the molecule is CC(C)(CO)NC(=O)c1nn(-c2cnccn2)c2c1C[C@@H]1CCC[C@H]21. The molecule has 2 N–H and O–H groups in total. The van der Waals surface area contributed by atoms with Crippen molar-refractivity contribution in [2.75, 3.05) is 6.61 Å². The van der Waals surface area contributed by atoms with Gasteiger partial charge >= 0.3 is 0 Å². The second kappa shape index (κ2) is 5.91. The van der Waals surface area contributed by atoms with E-state index in [0.29, 0.717) is 23.3 Å². The van der Waals surface area contributed by atoms with Crippen molar-refractivity contribution in [2.24, 2.45) is 5.92 Å². The fraction of sp³-hybridized carbons (Fsp3) is 0.556. The fourth-order valence-electron chi connectivity index (χ4n) is 4.11. The van der Waals surface area contributed by atoms with Gasteiger partial charge in [-0.2, -0.15) is 5.10 Å². The molecule has 1 saturated carbocycles. The topological polar surface area (TPSA) is 92.9 Å². The van der Waals surface area contributed by atoms with Gasteiger partial charge in [0.1, 0.15) is 0 Å². The highest BCUT2D eigenvalue weighted by atomic mass is 16.3. The molecule has 1 amide bonds. The van der Waals surface area contributed by atoms with Gasteiger partial charge in [-0.1, -0.05) is 6.42 Å². The molecule has 0 radical (unpaired) electrons. The van der Waals surface area contributed by atoms with Crippen LogP contribution in [0.4, 0.5) is 0 Å². The summed E-state index contributed by atoms with van der Waals surface area (Å²) in [4.78, 5) is 21.3. The van der Waals surface area contributed by atoms with E-state index < -0.39 is 5.54 Å². The average Bonchev–Trinajstić information content (AvgIpc) is 3.26. The highest BCUT2D eigenvalue weighted by Crippen LogP contribution is 2.49. The molecule has 7 nitrogen and oxygen atoms in total. The van der Waals surface area contributed by atoms with E-state index >= 15 is 0 Å².